The molecule has 0 spiro atoms. The number of carbonyl (C=O) groups excluding carboxylic acids is 2. The second-order valence-electron chi connectivity index (χ2n) is 4.46. The molecular formula is C15H15ClN2O4S. The molecular weight excluding hydrogens is 340 g/mol. The second kappa shape index (κ2) is 7.94. The van der Waals surface area contributed by atoms with Crippen LogP contribution >= 0.6 is 22.9 Å². The van der Waals surface area contributed by atoms with Gasteiger partial charge in [0.15, 0.2) is 16.9 Å². The van der Waals surface area contributed by atoms with Crippen LogP contribution in [0.2, 0.25) is 5.02 Å². The average Bonchev–Trinajstić information content (AvgIpc) is 2.98. The summed E-state index contributed by atoms with van der Waals surface area (Å²) in [6, 6.07) is 6.70. The molecule has 0 radical (unpaired) electrons. The monoisotopic (exact) mass is 354 g/mol. The lowest BCUT2D eigenvalue weighted by atomic mass is 10.3. The van der Waals surface area contributed by atoms with E-state index in [9.17, 15) is 9.59 Å². The van der Waals surface area contributed by atoms with Gasteiger partial charge < -0.3 is 9.47 Å². The van der Waals surface area contributed by atoms with E-state index in [1.165, 1.54) is 5.38 Å². The number of rotatable bonds is 6. The zero-order valence-corrected chi connectivity index (χ0v) is 14.1. The van der Waals surface area contributed by atoms with E-state index in [2.05, 4.69) is 10.3 Å². The first kappa shape index (κ1) is 17.2. The summed E-state index contributed by atoms with van der Waals surface area (Å²) in [6.07, 6.45) is -0.730. The number of ether oxygens (including phenoxy) is 2. The molecule has 0 aliphatic heterocycles. The Morgan fingerprint density at radius 2 is 2.04 bits per heavy atom. The zero-order valence-electron chi connectivity index (χ0n) is 12.5. The summed E-state index contributed by atoms with van der Waals surface area (Å²) in [6.45, 7) is 3.59. The standard InChI is InChI=1S/C15H15ClN2O4S/c1-3-21-14(20)12-8-23-15(17-12)18-13(19)9(2)22-11-6-4-10(16)5-7-11/h4-9H,3H2,1-2H3,(H,17,18,19). The molecule has 8 heteroatoms. The number of esters is 1. The van der Waals surface area contributed by atoms with E-state index >= 15 is 0 Å². The minimum atomic E-state index is -0.730. The zero-order chi connectivity index (χ0) is 16.8. The van der Waals surface area contributed by atoms with Crippen LogP contribution in [0.1, 0.15) is 24.3 Å². The molecule has 1 heterocycles. The number of anilines is 1. The van der Waals surface area contributed by atoms with Gasteiger partial charge in [-0.25, -0.2) is 9.78 Å². The average molecular weight is 355 g/mol. The minimum absolute atomic E-state index is 0.165. The molecule has 122 valence electrons. The van der Waals surface area contributed by atoms with Crippen molar-refractivity contribution in [1.82, 2.24) is 4.98 Å². The van der Waals surface area contributed by atoms with Gasteiger partial charge in [-0.05, 0) is 38.1 Å². The SMILES string of the molecule is CCOC(=O)c1csc(NC(=O)C(C)Oc2ccc(Cl)cc2)n1. The first-order valence-corrected chi connectivity index (χ1v) is 8.11. The van der Waals surface area contributed by atoms with Gasteiger partial charge in [-0.3, -0.25) is 10.1 Å². The van der Waals surface area contributed by atoms with Crippen molar-refractivity contribution >= 4 is 39.9 Å². The number of thiazole rings is 1. The highest BCUT2D eigenvalue weighted by Gasteiger charge is 2.18. The Hall–Kier alpha value is -2.12. The van der Waals surface area contributed by atoms with E-state index in [1.807, 2.05) is 0 Å². The fourth-order valence-corrected chi connectivity index (χ4v) is 2.42. The smallest absolute Gasteiger partial charge is 0.357 e. The predicted molar refractivity (Wildman–Crippen MR) is 88.2 cm³/mol. The number of hydrogen-bond donors (Lipinski definition) is 1. The van der Waals surface area contributed by atoms with Gasteiger partial charge in [-0.1, -0.05) is 11.6 Å². The summed E-state index contributed by atoms with van der Waals surface area (Å²) in [5.41, 5.74) is 0.165. The normalized spacial score (nSPS) is 11.6. The molecule has 6 nitrogen and oxygen atoms in total. The van der Waals surface area contributed by atoms with Crippen molar-refractivity contribution in [3.63, 3.8) is 0 Å². The molecule has 1 atom stereocenters. The van der Waals surface area contributed by atoms with Gasteiger partial charge in [-0.15, -0.1) is 11.3 Å². The summed E-state index contributed by atoms with van der Waals surface area (Å²) >= 11 is 6.93. The topological polar surface area (TPSA) is 77.5 Å². The Morgan fingerprint density at radius 1 is 1.35 bits per heavy atom. The molecule has 1 unspecified atom stereocenters. The second-order valence-corrected chi connectivity index (χ2v) is 5.76. The lowest BCUT2D eigenvalue weighted by molar-refractivity contribution is -0.122. The minimum Gasteiger partial charge on any atom is -0.481 e. The Labute approximate surface area is 142 Å². The number of hydrogen-bond acceptors (Lipinski definition) is 6. The number of nitrogens with one attached hydrogen (secondary N) is 1. The van der Waals surface area contributed by atoms with E-state index < -0.39 is 12.1 Å². The third-order valence-electron chi connectivity index (χ3n) is 2.71. The number of benzene rings is 1. The number of halogens is 1. The third kappa shape index (κ3) is 4.94. The summed E-state index contributed by atoms with van der Waals surface area (Å²) < 4.78 is 10.4. The molecule has 1 amide bonds. The lowest BCUT2D eigenvalue weighted by Gasteiger charge is -2.13. The quantitative estimate of drug-likeness (QED) is 0.804. The number of amides is 1. The van der Waals surface area contributed by atoms with Gasteiger partial charge in [-0.2, -0.15) is 0 Å². The summed E-state index contributed by atoms with van der Waals surface area (Å²) in [5, 5.41) is 5.02. The highest BCUT2D eigenvalue weighted by Crippen LogP contribution is 2.19. The van der Waals surface area contributed by atoms with Gasteiger partial charge >= 0.3 is 5.97 Å². The van der Waals surface area contributed by atoms with Gasteiger partial charge in [0, 0.05) is 10.4 Å². The van der Waals surface area contributed by atoms with Crippen molar-refractivity contribution in [2.45, 2.75) is 20.0 Å². The number of nitrogens with zero attached hydrogens (tertiary/aromatic N) is 1. The molecule has 0 bridgehead atoms. The molecule has 2 rings (SSSR count). The van der Waals surface area contributed by atoms with Crippen LogP contribution in [0, 0.1) is 0 Å². The van der Waals surface area contributed by atoms with Crippen LogP contribution in [0.3, 0.4) is 0 Å². The van der Waals surface area contributed by atoms with E-state index in [1.54, 1.807) is 38.1 Å². The van der Waals surface area contributed by atoms with Crippen LogP contribution in [0.15, 0.2) is 29.6 Å². The molecule has 0 saturated carbocycles. The van der Waals surface area contributed by atoms with Crippen LogP contribution in [-0.4, -0.2) is 29.6 Å². The molecule has 2 aromatic rings. The van der Waals surface area contributed by atoms with Gasteiger partial charge in [0.2, 0.25) is 0 Å². The summed E-state index contributed by atoms with van der Waals surface area (Å²) in [4.78, 5) is 27.6. The lowest BCUT2D eigenvalue weighted by Crippen LogP contribution is -2.30. The Morgan fingerprint density at radius 3 is 2.70 bits per heavy atom. The first-order valence-electron chi connectivity index (χ1n) is 6.85. The van der Waals surface area contributed by atoms with Crippen molar-refractivity contribution in [3.05, 3.63) is 40.4 Å². The summed E-state index contributed by atoms with van der Waals surface area (Å²) in [7, 11) is 0. The maximum Gasteiger partial charge on any atom is 0.357 e. The van der Waals surface area contributed by atoms with Crippen LogP contribution in [0.4, 0.5) is 5.13 Å². The first-order chi connectivity index (χ1) is 11.0. The van der Waals surface area contributed by atoms with Crippen molar-refractivity contribution in [1.29, 1.82) is 0 Å². The van der Waals surface area contributed by atoms with Gasteiger partial charge in [0.25, 0.3) is 5.91 Å². The highest BCUT2D eigenvalue weighted by atomic mass is 35.5. The van der Waals surface area contributed by atoms with Crippen molar-refractivity contribution in [2.75, 3.05) is 11.9 Å². The predicted octanol–water partition coefficient (Wildman–Crippen LogP) is 3.38. The van der Waals surface area contributed by atoms with E-state index in [4.69, 9.17) is 21.1 Å². The van der Waals surface area contributed by atoms with E-state index in [0.29, 0.717) is 15.9 Å². The number of aromatic nitrogens is 1. The Bertz CT molecular complexity index is 687. The highest BCUT2D eigenvalue weighted by molar-refractivity contribution is 7.14. The molecule has 0 aliphatic carbocycles. The van der Waals surface area contributed by atoms with E-state index in [-0.39, 0.29) is 18.2 Å². The molecule has 0 saturated heterocycles. The van der Waals surface area contributed by atoms with Crippen LogP contribution in [0.5, 0.6) is 5.75 Å². The molecule has 1 N–H and O–H groups in total. The van der Waals surface area contributed by atoms with Crippen LogP contribution in [-0.2, 0) is 9.53 Å². The van der Waals surface area contributed by atoms with Crippen molar-refractivity contribution < 1.29 is 19.1 Å². The third-order valence-corrected chi connectivity index (χ3v) is 3.72. The molecule has 0 fully saturated rings. The Balaban J connectivity index is 1.93. The van der Waals surface area contributed by atoms with Crippen LogP contribution in [0.25, 0.3) is 0 Å². The van der Waals surface area contributed by atoms with Gasteiger partial charge in [0.1, 0.15) is 5.75 Å². The van der Waals surface area contributed by atoms with Crippen LogP contribution < -0.4 is 10.1 Å². The molecule has 23 heavy (non-hydrogen) atoms. The van der Waals surface area contributed by atoms with Crippen molar-refractivity contribution in [2.24, 2.45) is 0 Å². The maximum absolute atomic E-state index is 12.1. The largest absolute Gasteiger partial charge is 0.481 e. The fourth-order valence-electron chi connectivity index (χ4n) is 1.61. The molecule has 1 aromatic carbocycles. The van der Waals surface area contributed by atoms with E-state index in [0.717, 1.165) is 11.3 Å². The maximum atomic E-state index is 12.1. The van der Waals surface area contributed by atoms with Crippen molar-refractivity contribution in [3.8, 4) is 5.75 Å². The number of carbonyl (C=O) groups is 2. The molecule has 0 aliphatic rings. The Kier molecular flexibility index (Phi) is 5.95. The summed E-state index contributed by atoms with van der Waals surface area (Å²) in [5.74, 6) is -0.358. The van der Waals surface area contributed by atoms with Gasteiger partial charge in [0.05, 0.1) is 6.61 Å². The molecule has 1 aromatic heterocycles. The fraction of sp³-hybridized carbons (Fsp3) is 0.267.